The first-order chi connectivity index (χ1) is 12.8. The summed E-state index contributed by atoms with van der Waals surface area (Å²) in [5, 5.41) is 18.0. The molecular weight excluding hydrogens is 322 g/mol. The van der Waals surface area contributed by atoms with Crippen LogP contribution in [0.2, 0.25) is 0 Å². The van der Waals surface area contributed by atoms with E-state index in [9.17, 15) is 0 Å². The lowest BCUT2D eigenvalue weighted by atomic mass is 9.96. The van der Waals surface area contributed by atoms with Crippen LogP contribution in [0.25, 0.3) is 16.5 Å². The third-order valence-corrected chi connectivity index (χ3v) is 4.83. The molecule has 4 aromatic rings. The molecule has 0 saturated carbocycles. The van der Waals surface area contributed by atoms with Crippen LogP contribution in [0.15, 0.2) is 72.8 Å². The highest BCUT2D eigenvalue weighted by molar-refractivity contribution is 5.87. The third-order valence-electron chi connectivity index (χ3n) is 4.83. The van der Waals surface area contributed by atoms with E-state index in [0.717, 1.165) is 11.3 Å². The van der Waals surface area contributed by atoms with Crippen LogP contribution in [-0.2, 0) is 0 Å². The van der Waals surface area contributed by atoms with E-state index in [1.165, 1.54) is 21.9 Å². The Morgan fingerprint density at radius 2 is 1.73 bits per heavy atom. The van der Waals surface area contributed by atoms with Crippen LogP contribution in [0.4, 0.5) is 5.95 Å². The summed E-state index contributed by atoms with van der Waals surface area (Å²) in [6.45, 7) is 2.09. The summed E-state index contributed by atoms with van der Waals surface area (Å²) in [4.78, 5) is 0. The van der Waals surface area contributed by atoms with E-state index in [2.05, 4.69) is 101 Å². The number of hydrogen-bond acceptors (Lipinski definition) is 4. The van der Waals surface area contributed by atoms with E-state index in [4.69, 9.17) is 0 Å². The maximum Gasteiger partial charge on any atom is 0.248 e. The molecule has 0 bridgehead atoms. The topological polar surface area (TPSA) is 55.6 Å². The average Bonchev–Trinajstić information content (AvgIpc) is 3.16. The molecule has 0 spiro atoms. The standard InChI is InChI=1S/C21H17N5/c1-14-9-11-16(12-10-14)19-13-20(26-21(22-19)23-24-25-26)18-8-4-6-15-5-2-3-7-17(15)18/h2-13,20H,1H3,(H,22,23,25). The molecule has 0 fully saturated rings. The number of anilines is 1. The lowest BCUT2D eigenvalue weighted by molar-refractivity contribution is 0.589. The summed E-state index contributed by atoms with van der Waals surface area (Å²) in [5.41, 5.74) is 4.56. The Kier molecular flexibility index (Phi) is 3.31. The predicted molar refractivity (Wildman–Crippen MR) is 103 cm³/mol. The minimum atomic E-state index is -0.0661. The first kappa shape index (κ1) is 14.8. The van der Waals surface area contributed by atoms with Crippen LogP contribution in [0, 0.1) is 6.92 Å². The van der Waals surface area contributed by atoms with Crippen molar-refractivity contribution in [3.63, 3.8) is 0 Å². The number of rotatable bonds is 2. The van der Waals surface area contributed by atoms with Gasteiger partial charge in [-0.15, -0.1) is 0 Å². The molecule has 3 aromatic carbocycles. The summed E-state index contributed by atoms with van der Waals surface area (Å²) in [6.07, 6.45) is 2.19. The quantitative estimate of drug-likeness (QED) is 0.595. The number of allylic oxidation sites excluding steroid dienone is 1. The molecule has 126 valence electrons. The molecule has 0 saturated heterocycles. The van der Waals surface area contributed by atoms with Crippen molar-refractivity contribution in [2.75, 3.05) is 5.32 Å². The summed E-state index contributed by atoms with van der Waals surface area (Å²) >= 11 is 0. The number of aromatic nitrogens is 4. The number of hydrogen-bond donors (Lipinski definition) is 1. The van der Waals surface area contributed by atoms with E-state index in [1.807, 2.05) is 4.68 Å². The van der Waals surface area contributed by atoms with Crippen LogP contribution >= 0.6 is 0 Å². The normalized spacial score (nSPS) is 16.0. The molecule has 0 aliphatic carbocycles. The van der Waals surface area contributed by atoms with E-state index >= 15 is 0 Å². The van der Waals surface area contributed by atoms with Crippen LogP contribution in [0.1, 0.15) is 22.7 Å². The Morgan fingerprint density at radius 1 is 0.923 bits per heavy atom. The van der Waals surface area contributed by atoms with Gasteiger partial charge in [0.2, 0.25) is 5.95 Å². The summed E-state index contributed by atoms with van der Waals surface area (Å²) in [5.74, 6) is 0.654. The number of tetrazole rings is 1. The zero-order valence-electron chi connectivity index (χ0n) is 14.3. The monoisotopic (exact) mass is 339 g/mol. The number of benzene rings is 3. The van der Waals surface area contributed by atoms with Crippen molar-refractivity contribution in [3.8, 4) is 0 Å². The van der Waals surface area contributed by atoms with E-state index in [-0.39, 0.29) is 6.04 Å². The van der Waals surface area contributed by atoms with Crippen LogP contribution in [0.3, 0.4) is 0 Å². The minimum absolute atomic E-state index is 0.0661. The summed E-state index contributed by atoms with van der Waals surface area (Å²) in [7, 11) is 0. The van der Waals surface area contributed by atoms with Crippen molar-refractivity contribution in [3.05, 3.63) is 89.5 Å². The molecule has 1 atom stereocenters. The molecular formula is C21H17N5. The van der Waals surface area contributed by atoms with Crippen molar-refractivity contribution >= 4 is 22.4 Å². The Hall–Kier alpha value is -3.47. The Bertz CT molecular complexity index is 1120. The second kappa shape index (κ2) is 5.81. The third kappa shape index (κ3) is 2.37. The number of aryl methyl sites for hydroxylation is 1. The average molecular weight is 339 g/mol. The second-order valence-corrected chi connectivity index (χ2v) is 6.53. The smallest absolute Gasteiger partial charge is 0.248 e. The number of nitrogens with zero attached hydrogens (tertiary/aromatic N) is 4. The van der Waals surface area contributed by atoms with Gasteiger partial charge in [0, 0.05) is 5.70 Å². The maximum atomic E-state index is 4.21. The lowest BCUT2D eigenvalue weighted by Gasteiger charge is -2.24. The van der Waals surface area contributed by atoms with Gasteiger partial charge in [0.05, 0.1) is 0 Å². The molecule has 2 heterocycles. The highest BCUT2D eigenvalue weighted by Gasteiger charge is 2.25. The first-order valence-electron chi connectivity index (χ1n) is 8.61. The van der Waals surface area contributed by atoms with E-state index in [1.54, 1.807) is 0 Å². The molecule has 5 nitrogen and oxygen atoms in total. The van der Waals surface area contributed by atoms with Gasteiger partial charge in [0.15, 0.2) is 0 Å². The molecule has 0 radical (unpaired) electrons. The molecule has 1 N–H and O–H groups in total. The molecule has 1 aliphatic rings. The Labute approximate surface area is 151 Å². The van der Waals surface area contributed by atoms with Crippen LogP contribution < -0.4 is 5.32 Å². The fraction of sp³-hybridized carbons (Fsp3) is 0.0952. The Balaban J connectivity index is 1.70. The van der Waals surface area contributed by atoms with Gasteiger partial charge in [0.1, 0.15) is 6.04 Å². The Morgan fingerprint density at radius 3 is 2.62 bits per heavy atom. The highest BCUT2D eigenvalue weighted by atomic mass is 15.6. The van der Waals surface area contributed by atoms with E-state index in [0.29, 0.717) is 5.95 Å². The predicted octanol–water partition coefficient (Wildman–Crippen LogP) is 4.19. The minimum Gasteiger partial charge on any atom is -0.323 e. The van der Waals surface area contributed by atoms with Gasteiger partial charge in [-0.2, -0.15) is 4.68 Å². The van der Waals surface area contributed by atoms with Crippen molar-refractivity contribution < 1.29 is 0 Å². The maximum absolute atomic E-state index is 4.21. The van der Waals surface area contributed by atoms with Crippen molar-refractivity contribution in [1.29, 1.82) is 0 Å². The van der Waals surface area contributed by atoms with Gasteiger partial charge in [-0.3, -0.25) is 0 Å². The molecule has 1 aromatic heterocycles. The first-order valence-corrected chi connectivity index (χ1v) is 8.61. The molecule has 5 heteroatoms. The van der Waals surface area contributed by atoms with Gasteiger partial charge in [-0.1, -0.05) is 77.4 Å². The summed E-state index contributed by atoms with van der Waals surface area (Å²) in [6, 6.07) is 23.2. The number of nitrogens with one attached hydrogen (secondary N) is 1. The molecule has 1 aliphatic heterocycles. The zero-order chi connectivity index (χ0) is 17.5. The fourth-order valence-electron chi connectivity index (χ4n) is 3.49. The second-order valence-electron chi connectivity index (χ2n) is 6.53. The zero-order valence-corrected chi connectivity index (χ0v) is 14.3. The van der Waals surface area contributed by atoms with Crippen molar-refractivity contribution in [1.82, 2.24) is 20.2 Å². The van der Waals surface area contributed by atoms with Gasteiger partial charge >= 0.3 is 0 Å². The fourth-order valence-corrected chi connectivity index (χ4v) is 3.49. The van der Waals surface area contributed by atoms with Gasteiger partial charge in [-0.25, -0.2) is 0 Å². The molecule has 26 heavy (non-hydrogen) atoms. The molecule has 0 amide bonds. The van der Waals surface area contributed by atoms with Crippen molar-refractivity contribution in [2.24, 2.45) is 0 Å². The SMILES string of the molecule is Cc1ccc(C2=CC(c3cccc4ccccc34)n3nnnc3N2)cc1. The highest BCUT2D eigenvalue weighted by Crippen LogP contribution is 2.34. The van der Waals surface area contributed by atoms with Gasteiger partial charge < -0.3 is 5.32 Å². The van der Waals surface area contributed by atoms with Crippen LogP contribution in [0.5, 0.6) is 0 Å². The molecule has 5 rings (SSSR count). The summed E-state index contributed by atoms with van der Waals surface area (Å²) < 4.78 is 1.83. The van der Waals surface area contributed by atoms with Crippen LogP contribution in [-0.4, -0.2) is 20.2 Å². The number of fused-ring (bicyclic) bond motifs is 2. The van der Waals surface area contributed by atoms with Crippen molar-refractivity contribution in [2.45, 2.75) is 13.0 Å². The largest absolute Gasteiger partial charge is 0.323 e. The molecule has 1 unspecified atom stereocenters. The van der Waals surface area contributed by atoms with Gasteiger partial charge in [0.25, 0.3) is 0 Å². The lowest BCUT2D eigenvalue weighted by Crippen LogP contribution is -2.20. The van der Waals surface area contributed by atoms with Gasteiger partial charge in [-0.05, 0) is 45.3 Å². The van der Waals surface area contributed by atoms with E-state index < -0.39 is 0 Å².